The number of carbonyl (C=O) groups excluding carboxylic acids is 1. The van der Waals surface area contributed by atoms with Crippen molar-refractivity contribution in [1.29, 1.82) is 0 Å². The van der Waals surface area contributed by atoms with E-state index in [1.165, 1.54) is 0 Å². The Morgan fingerprint density at radius 2 is 2.50 bits per heavy atom. The number of esters is 1. The van der Waals surface area contributed by atoms with Crippen LogP contribution in [0.1, 0.15) is 12.2 Å². The lowest BCUT2D eigenvalue weighted by atomic mass is 9.86. The first-order valence-corrected chi connectivity index (χ1v) is 5.89. The second-order valence-corrected chi connectivity index (χ2v) is 4.24. The normalized spacial score (nSPS) is 26.5. The van der Waals surface area contributed by atoms with Gasteiger partial charge < -0.3 is 9.15 Å². The van der Waals surface area contributed by atoms with Crippen molar-refractivity contribution in [2.45, 2.75) is 11.8 Å². The van der Waals surface area contributed by atoms with Crippen LogP contribution in [-0.2, 0) is 14.9 Å². The SMILES string of the molecule is CSCC1(c2ccco2)CCOC1=O. The van der Waals surface area contributed by atoms with Crippen LogP contribution in [0.15, 0.2) is 22.8 Å². The number of furan rings is 1. The first-order valence-electron chi connectivity index (χ1n) is 4.50. The minimum Gasteiger partial charge on any atom is -0.468 e. The van der Waals surface area contributed by atoms with Crippen molar-refractivity contribution < 1.29 is 13.9 Å². The predicted molar refractivity (Wildman–Crippen MR) is 54.3 cm³/mol. The molecular weight excluding hydrogens is 200 g/mol. The maximum Gasteiger partial charge on any atom is 0.320 e. The van der Waals surface area contributed by atoms with Crippen molar-refractivity contribution in [2.24, 2.45) is 0 Å². The van der Waals surface area contributed by atoms with Gasteiger partial charge in [0.25, 0.3) is 0 Å². The van der Waals surface area contributed by atoms with Crippen molar-refractivity contribution in [3.8, 4) is 0 Å². The Morgan fingerprint density at radius 1 is 1.64 bits per heavy atom. The molecule has 1 fully saturated rings. The summed E-state index contributed by atoms with van der Waals surface area (Å²) in [7, 11) is 0. The van der Waals surface area contributed by atoms with E-state index in [2.05, 4.69) is 0 Å². The highest BCUT2D eigenvalue weighted by Crippen LogP contribution is 2.37. The van der Waals surface area contributed by atoms with Crippen LogP contribution in [0.5, 0.6) is 0 Å². The molecule has 0 spiro atoms. The Morgan fingerprint density at radius 3 is 3.00 bits per heavy atom. The summed E-state index contributed by atoms with van der Waals surface area (Å²) in [5.74, 6) is 1.30. The molecule has 4 heteroatoms. The van der Waals surface area contributed by atoms with Gasteiger partial charge in [-0.1, -0.05) is 0 Å². The van der Waals surface area contributed by atoms with Gasteiger partial charge in [0.15, 0.2) is 0 Å². The van der Waals surface area contributed by atoms with Crippen LogP contribution in [-0.4, -0.2) is 24.6 Å². The first-order chi connectivity index (χ1) is 6.79. The summed E-state index contributed by atoms with van der Waals surface area (Å²) in [6, 6.07) is 3.66. The van der Waals surface area contributed by atoms with E-state index in [1.807, 2.05) is 18.4 Å². The molecule has 0 radical (unpaired) electrons. The fraction of sp³-hybridized carbons (Fsp3) is 0.500. The van der Waals surface area contributed by atoms with Crippen LogP contribution in [0, 0.1) is 0 Å². The van der Waals surface area contributed by atoms with Crippen molar-refractivity contribution >= 4 is 17.7 Å². The number of hydrogen-bond donors (Lipinski definition) is 0. The van der Waals surface area contributed by atoms with E-state index in [9.17, 15) is 4.79 Å². The molecular formula is C10H12O3S. The molecule has 2 rings (SSSR count). The third-order valence-corrected chi connectivity index (χ3v) is 3.32. The zero-order chi connectivity index (χ0) is 10.0. The topological polar surface area (TPSA) is 39.4 Å². The first kappa shape index (κ1) is 9.65. The number of rotatable bonds is 3. The molecule has 14 heavy (non-hydrogen) atoms. The monoisotopic (exact) mass is 212 g/mol. The Labute approximate surface area is 86.8 Å². The van der Waals surface area contributed by atoms with E-state index in [0.717, 1.165) is 17.9 Å². The average Bonchev–Trinajstić information content (AvgIpc) is 2.77. The second-order valence-electron chi connectivity index (χ2n) is 3.38. The fourth-order valence-corrected chi connectivity index (χ4v) is 2.68. The van der Waals surface area contributed by atoms with E-state index in [4.69, 9.17) is 9.15 Å². The Bertz CT molecular complexity index is 320. The maximum absolute atomic E-state index is 11.7. The van der Waals surface area contributed by atoms with E-state index >= 15 is 0 Å². The molecule has 1 aromatic rings. The van der Waals surface area contributed by atoms with Crippen LogP contribution in [0.4, 0.5) is 0 Å². The molecule has 0 N–H and O–H groups in total. The maximum atomic E-state index is 11.7. The van der Waals surface area contributed by atoms with Crippen molar-refractivity contribution in [3.63, 3.8) is 0 Å². The number of hydrogen-bond acceptors (Lipinski definition) is 4. The number of cyclic esters (lactones) is 1. The molecule has 1 unspecified atom stereocenters. The van der Waals surface area contributed by atoms with Gasteiger partial charge in [-0.05, 0) is 18.4 Å². The van der Waals surface area contributed by atoms with Crippen LogP contribution in [0.2, 0.25) is 0 Å². The largest absolute Gasteiger partial charge is 0.468 e. The van der Waals surface area contributed by atoms with Crippen molar-refractivity contribution in [2.75, 3.05) is 18.6 Å². The molecule has 2 heterocycles. The Balaban J connectivity index is 2.35. The Hall–Kier alpha value is -0.900. The highest BCUT2D eigenvalue weighted by molar-refractivity contribution is 7.98. The lowest BCUT2D eigenvalue weighted by Crippen LogP contribution is -2.33. The lowest BCUT2D eigenvalue weighted by molar-refractivity contribution is -0.142. The van der Waals surface area contributed by atoms with Crippen LogP contribution in [0.3, 0.4) is 0 Å². The summed E-state index contributed by atoms with van der Waals surface area (Å²) >= 11 is 1.64. The molecule has 0 aliphatic carbocycles. The van der Waals surface area contributed by atoms with Gasteiger partial charge in [-0.15, -0.1) is 0 Å². The lowest BCUT2D eigenvalue weighted by Gasteiger charge is -2.20. The smallest absolute Gasteiger partial charge is 0.320 e. The molecule has 1 atom stereocenters. The molecule has 1 aromatic heterocycles. The zero-order valence-electron chi connectivity index (χ0n) is 7.99. The van der Waals surface area contributed by atoms with Crippen LogP contribution >= 0.6 is 11.8 Å². The van der Waals surface area contributed by atoms with Gasteiger partial charge >= 0.3 is 5.97 Å². The Kier molecular flexibility index (Phi) is 2.54. The van der Waals surface area contributed by atoms with E-state index in [-0.39, 0.29) is 5.97 Å². The summed E-state index contributed by atoms with van der Waals surface area (Å²) in [6.07, 6.45) is 4.31. The molecule has 1 aliphatic rings. The minimum absolute atomic E-state index is 0.151. The third kappa shape index (κ3) is 1.34. The van der Waals surface area contributed by atoms with Crippen LogP contribution in [0.25, 0.3) is 0 Å². The molecule has 0 bridgehead atoms. The molecule has 1 aliphatic heterocycles. The molecule has 1 saturated heterocycles. The molecule has 76 valence electrons. The number of carbonyl (C=O) groups is 1. The summed E-state index contributed by atoms with van der Waals surface area (Å²) in [4.78, 5) is 11.7. The average molecular weight is 212 g/mol. The quantitative estimate of drug-likeness (QED) is 0.716. The van der Waals surface area contributed by atoms with Crippen molar-refractivity contribution in [1.82, 2.24) is 0 Å². The minimum atomic E-state index is -0.539. The highest BCUT2D eigenvalue weighted by atomic mass is 32.2. The van der Waals surface area contributed by atoms with Gasteiger partial charge in [0.05, 0.1) is 12.9 Å². The summed E-state index contributed by atoms with van der Waals surface area (Å²) in [5.41, 5.74) is -0.539. The zero-order valence-corrected chi connectivity index (χ0v) is 8.80. The van der Waals surface area contributed by atoms with E-state index < -0.39 is 5.41 Å². The molecule has 0 amide bonds. The van der Waals surface area contributed by atoms with Gasteiger partial charge in [-0.3, -0.25) is 4.79 Å². The fourth-order valence-electron chi connectivity index (χ4n) is 1.78. The molecule has 3 nitrogen and oxygen atoms in total. The number of thioether (sulfide) groups is 1. The third-order valence-electron chi connectivity index (χ3n) is 2.54. The van der Waals surface area contributed by atoms with Crippen LogP contribution < -0.4 is 0 Å². The number of ether oxygens (including phenoxy) is 1. The highest BCUT2D eigenvalue weighted by Gasteiger charge is 2.48. The van der Waals surface area contributed by atoms with Crippen molar-refractivity contribution in [3.05, 3.63) is 24.2 Å². The second kappa shape index (κ2) is 3.69. The van der Waals surface area contributed by atoms with Gasteiger partial charge in [0.2, 0.25) is 0 Å². The van der Waals surface area contributed by atoms with E-state index in [1.54, 1.807) is 18.0 Å². The summed E-state index contributed by atoms with van der Waals surface area (Å²) < 4.78 is 10.4. The van der Waals surface area contributed by atoms with Gasteiger partial charge in [0.1, 0.15) is 11.2 Å². The summed E-state index contributed by atoms with van der Waals surface area (Å²) in [5, 5.41) is 0. The standard InChI is InChI=1S/C10H12O3S/c1-14-7-10(4-6-13-9(10)11)8-3-2-5-12-8/h2-3,5H,4,6-7H2,1H3. The molecule has 0 saturated carbocycles. The van der Waals surface area contributed by atoms with Gasteiger partial charge in [-0.25, -0.2) is 0 Å². The van der Waals surface area contributed by atoms with E-state index in [0.29, 0.717) is 6.61 Å². The van der Waals surface area contributed by atoms with Gasteiger partial charge in [-0.2, -0.15) is 11.8 Å². The summed E-state index contributed by atoms with van der Waals surface area (Å²) in [6.45, 7) is 0.500. The molecule has 0 aromatic carbocycles. The predicted octanol–water partition coefficient (Wildman–Crippen LogP) is 1.83. The van der Waals surface area contributed by atoms with Gasteiger partial charge in [0, 0.05) is 12.2 Å².